The van der Waals surface area contributed by atoms with Crippen molar-refractivity contribution in [3.63, 3.8) is 0 Å². The third-order valence-electron chi connectivity index (χ3n) is 6.66. The molecule has 170 valence electrons. The summed E-state index contributed by atoms with van der Waals surface area (Å²) in [5.74, 6) is 2.68. The van der Waals surface area contributed by atoms with E-state index in [-0.39, 0.29) is 0 Å². The second kappa shape index (κ2) is 10.5. The Kier molecular flexibility index (Phi) is 8.05. The van der Waals surface area contributed by atoms with Crippen molar-refractivity contribution in [3.05, 3.63) is 53.8 Å². The van der Waals surface area contributed by atoms with Crippen LogP contribution in [0.4, 0.5) is 0 Å². The van der Waals surface area contributed by atoms with Gasteiger partial charge in [0.15, 0.2) is 0 Å². The van der Waals surface area contributed by atoms with E-state index < -0.39 is 0 Å². The number of benzene rings is 2. The average molecular weight is 424 g/mol. The van der Waals surface area contributed by atoms with Crippen LogP contribution in [0.5, 0.6) is 5.75 Å². The summed E-state index contributed by atoms with van der Waals surface area (Å²) in [6, 6.07) is 11.2. The van der Waals surface area contributed by atoms with Gasteiger partial charge in [0.25, 0.3) is 0 Å². The fraction of sp³-hybridized carbons (Fsp3) is 0.571. The monoisotopic (exact) mass is 423 g/mol. The molecule has 3 nitrogen and oxygen atoms in total. The Morgan fingerprint density at radius 3 is 2.52 bits per heavy atom. The van der Waals surface area contributed by atoms with Gasteiger partial charge >= 0.3 is 0 Å². The molecule has 1 aliphatic rings. The highest BCUT2D eigenvalue weighted by molar-refractivity contribution is 5.87. The predicted molar refractivity (Wildman–Crippen MR) is 132 cm³/mol. The van der Waals surface area contributed by atoms with E-state index >= 15 is 0 Å². The molecule has 0 unspecified atom stereocenters. The largest absolute Gasteiger partial charge is 0.499 e. The molecule has 3 heteroatoms. The maximum absolute atomic E-state index is 6.42. The van der Waals surface area contributed by atoms with Gasteiger partial charge in [-0.3, -0.25) is 0 Å². The zero-order valence-electron chi connectivity index (χ0n) is 20.2. The van der Waals surface area contributed by atoms with Gasteiger partial charge in [-0.1, -0.05) is 39.5 Å². The van der Waals surface area contributed by atoms with E-state index in [0.29, 0.717) is 18.1 Å². The second-order valence-electron chi connectivity index (χ2n) is 10.2. The quantitative estimate of drug-likeness (QED) is 0.343. The summed E-state index contributed by atoms with van der Waals surface area (Å²) < 4.78 is 11.8. The summed E-state index contributed by atoms with van der Waals surface area (Å²) >= 11 is 0. The van der Waals surface area contributed by atoms with Gasteiger partial charge in [-0.05, 0) is 91.0 Å². The lowest BCUT2D eigenvalue weighted by Crippen LogP contribution is -2.30. The minimum Gasteiger partial charge on any atom is -0.499 e. The van der Waals surface area contributed by atoms with E-state index in [1.165, 1.54) is 47.6 Å². The molecule has 0 amide bonds. The van der Waals surface area contributed by atoms with Gasteiger partial charge in [0.05, 0.1) is 18.5 Å². The fourth-order valence-corrected chi connectivity index (χ4v) is 4.71. The fourth-order valence-electron chi connectivity index (χ4n) is 4.71. The molecule has 0 aromatic heterocycles. The Bertz CT molecular complexity index is 872. The maximum atomic E-state index is 6.42. The van der Waals surface area contributed by atoms with E-state index in [0.717, 1.165) is 36.9 Å². The second-order valence-corrected chi connectivity index (χ2v) is 10.2. The summed E-state index contributed by atoms with van der Waals surface area (Å²) in [6.07, 6.45) is 6.08. The molecule has 0 atom stereocenters. The number of aryl methyl sites for hydroxylation is 1. The average Bonchev–Trinajstić information content (AvgIpc) is 2.71. The van der Waals surface area contributed by atoms with E-state index in [9.17, 15) is 0 Å². The van der Waals surface area contributed by atoms with Crippen molar-refractivity contribution >= 4 is 10.8 Å². The highest BCUT2D eigenvalue weighted by atomic mass is 16.5. The summed E-state index contributed by atoms with van der Waals surface area (Å²) in [6.45, 7) is 17.6. The van der Waals surface area contributed by atoms with Crippen LogP contribution in [-0.4, -0.2) is 19.3 Å². The van der Waals surface area contributed by atoms with Crippen molar-refractivity contribution in [1.82, 2.24) is 5.32 Å². The zero-order chi connectivity index (χ0) is 22.4. The Morgan fingerprint density at radius 2 is 1.84 bits per heavy atom. The molecule has 1 saturated carbocycles. The van der Waals surface area contributed by atoms with Crippen molar-refractivity contribution < 1.29 is 9.47 Å². The van der Waals surface area contributed by atoms with Gasteiger partial charge in [-0.25, -0.2) is 0 Å². The van der Waals surface area contributed by atoms with Crippen LogP contribution in [0.2, 0.25) is 0 Å². The molecule has 1 fully saturated rings. The summed E-state index contributed by atoms with van der Waals surface area (Å²) in [5.41, 5.74) is 2.99. The van der Waals surface area contributed by atoms with E-state index in [1.807, 2.05) is 6.92 Å². The molecule has 2 aromatic carbocycles. The number of hydrogen-bond acceptors (Lipinski definition) is 3. The molecule has 31 heavy (non-hydrogen) atoms. The molecular weight excluding hydrogens is 382 g/mol. The minimum atomic E-state index is 0.352. The molecule has 0 aliphatic heterocycles. The van der Waals surface area contributed by atoms with Crippen molar-refractivity contribution in [2.75, 3.05) is 13.2 Å². The molecule has 1 aliphatic carbocycles. The number of rotatable bonds is 9. The van der Waals surface area contributed by atoms with Gasteiger partial charge in [0, 0.05) is 19.5 Å². The summed E-state index contributed by atoms with van der Waals surface area (Å²) in [7, 11) is 0. The van der Waals surface area contributed by atoms with Crippen LogP contribution in [0.3, 0.4) is 0 Å². The van der Waals surface area contributed by atoms with E-state index in [4.69, 9.17) is 9.47 Å². The summed E-state index contributed by atoms with van der Waals surface area (Å²) in [5, 5.41) is 6.05. The van der Waals surface area contributed by atoms with Gasteiger partial charge in [-0.2, -0.15) is 0 Å². The molecule has 0 spiro atoms. The van der Waals surface area contributed by atoms with Crippen molar-refractivity contribution in [2.24, 2.45) is 11.3 Å². The van der Waals surface area contributed by atoms with Crippen LogP contribution in [0.25, 0.3) is 10.8 Å². The summed E-state index contributed by atoms with van der Waals surface area (Å²) in [4.78, 5) is 0. The lowest BCUT2D eigenvalue weighted by molar-refractivity contribution is 0.0883. The standard InChI is InChI=1S/C28H41NO2/c1-7-30-21(3)14-15-29-19-22-8-9-23-18-26(16-20(2)27(23)17-22)31-25-12-10-24(11-13-25)28(4,5)6/h8-9,16-18,24-25,29H,3,7,10-15,19H2,1-2,4-6H3/t24-,25-. The van der Waals surface area contributed by atoms with E-state index in [2.05, 4.69) is 69.9 Å². The maximum Gasteiger partial charge on any atom is 0.120 e. The molecular formula is C28H41NO2. The first-order valence-electron chi connectivity index (χ1n) is 12.0. The Morgan fingerprint density at radius 1 is 1.10 bits per heavy atom. The third-order valence-corrected chi connectivity index (χ3v) is 6.66. The van der Waals surface area contributed by atoms with Crippen LogP contribution < -0.4 is 10.1 Å². The Labute approximate surface area is 189 Å². The minimum absolute atomic E-state index is 0.352. The smallest absolute Gasteiger partial charge is 0.120 e. The normalized spacial score (nSPS) is 19.4. The van der Waals surface area contributed by atoms with Gasteiger partial charge < -0.3 is 14.8 Å². The van der Waals surface area contributed by atoms with Crippen molar-refractivity contribution in [2.45, 2.75) is 79.4 Å². The van der Waals surface area contributed by atoms with Gasteiger partial charge in [-0.15, -0.1) is 0 Å². The lowest BCUT2D eigenvalue weighted by Gasteiger charge is -2.37. The van der Waals surface area contributed by atoms with Crippen LogP contribution >= 0.6 is 0 Å². The first-order chi connectivity index (χ1) is 14.8. The number of ether oxygens (including phenoxy) is 2. The Hall–Kier alpha value is -2.00. The lowest BCUT2D eigenvalue weighted by atomic mass is 9.72. The van der Waals surface area contributed by atoms with Crippen molar-refractivity contribution in [1.29, 1.82) is 0 Å². The van der Waals surface area contributed by atoms with Crippen molar-refractivity contribution in [3.8, 4) is 5.75 Å². The number of hydrogen-bond donors (Lipinski definition) is 1. The van der Waals surface area contributed by atoms with E-state index in [1.54, 1.807) is 0 Å². The van der Waals surface area contributed by atoms with Gasteiger partial charge in [0.2, 0.25) is 0 Å². The topological polar surface area (TPSA) is 30.5 Å². The van der Waals surface area contributed by atoms with Crippen LogP contribution in [-0.2, 0) is 11.3 Å². The molecule has 1 N–H and O–H groups in total. The molecule has 0 bridgehead atoms. The molecule has 0 radical (unpaired) electrons. The SMILES string of the molecule is C=C(CCNCc1ccc2cc(O[C@H]3CC[C@H](C(C)(C)C)CC3)cc(C)c2c1)OCC. The van der Waals surface area contributed by atoms with Crippen LogP contribution in [0, 0.1) is 18.3 Å². The van der Waals surface area contributed by atoms with Crippen LogP contribution in [0.15, 0.2) is 42.7 Å². The molecule has 0 heterocycles. The van der Waals surface area contributed by atoms with Crippen LogP contribution in [0.1, 0.15) is 70.9 Å². The molecule has 2 aromatic rings. The predicted octanol–water partition coefficient (Wildman–Crippen LogP) is 7.16. The number of fused-ring (bicyclic) bond motifs is 1. The first kappa shape index (κ1) is 23.7. The highest BCUT2D eigenvalue weighted by Gasteiger charge is 2.30. The third kappa shape index (κ3) is 6.74. The molecule has 0 saturated heterocycles. The van der Waals surface area contributed by atoms with Gasteiger partial charge in [0.1, 0.15) is 5.75 Å². The Balaban J connectivity index is 1.57. The first-order valence-corrected chi connectivity index (χ1v) is 12.0. The number of nitrogens with one attached hydrogen (secondary N) is 1. The highest BCUT2D eigenvalue weighted by Crippen LogP contribution is 2.39. The molecule has 3 rings (SSSR count). The zero-order valence-corrected chi connectivity index (χ0v) is 20.2.